The fraction of sp³-hybridized carbons (Fsp3) is 0.316. The van der Waals surface area contributed by atoms with Crippen LogP contribution in [0.25, 0.3) is 5.82 Å². The van der Waals surface area contributed by atoms with Crippen molar-refractivity contribution in [3.8, 4) is 5.82 Å². The number of carbonyl (C=O) groups is 1. The summed E-state index contributed by atoms with van der Waals surface area (Å²) in [6, 6.07) is 6.44. The first-order chi connectivity index (χ1) is 14.4. The summed E-state index contributed by atoms with van der Waals surface area (Å²) in [6.45, 7) is 1.18. The third-order valence-corrected chi connectivity index (χ3v) is 4.94. The summed E-state index contributed by atoms with van der Waals surface area (Å²) in [7, 11) is 0. The third-order valence-electron chi connectivity index (χ3n) is 4.94. The minimum Gasteiger partial charge on any atom is -0.356 e. The summed E-state index contributed by atoms with van der Waals surface area (Å²) in [5.41, 5.74) is -0.646. The Bertz CT molecular complexity index is 1010. The Morgan fingerprint density at radius 1 is 1.07 bits per heavy atom. The zero-order chi connectivity index (χ0) is 21.1. The molecule has 1 amide bonds. The van der Waals surface area contributed by atoms with E-state index in [0.29, 0.717) is 37.6 Å². The lowest BCUT2D eigenvalue weighted by atomic mass is 9.95. The number of amides is 1. The summed E-state index contributed by atoms with van der Waals surface area (Å²) >= 11 is 0. The van der Waals surface area contributed by atoms with E-state index in [4.69, 9.17) is 0 Å². The van der Waals surface area contributed by atoms with Crippen molar-refractivity contribution in [3.05, 3.63) is 54.9 Å². The second kappa shape index (κ2) is 8.09. The van der Waals surface area contributed by atoms with Crippen molar-refractivity contribution in [1.29, 1.82) is 0 Å². The summed E-state index contributed by atoms with van der Waals surface area (Å²) in [4.78, 5) is 26.9. The largest absolute Gasteiger partial charge is 0.416 e. The molecule has 0 spiro atoms. The molecule has 3 heterocycles. The van der Waals surface area contributed by atoms with Gasteiger partial charge >= 0.3 is 6.18 Å². The SMILES string of the molecule is O=C(Nc1cccc(C(F)(F)F)c1)C1CCN(c2cc(-n3cncn3)ncn2)CC1. The minimum atomic E-state index is -4.45. The van der Waals surface area contributed by atoms with E-state index in [9.17, 15) is 18.0 Å². The van der Waals surface area contributed by atoms with Gasteiger partial charge in [-0.3, -0.25) is 4.79 Å². The Hall–Kier alpha value is -3.50. The van der Waals surface area contributed by atoms with E-state index in [2.05, 4.69) is 25.4 Å². The van der Waals surface area contributed by atoms with Crippen LogP contribution in [0.15, 0.2) is 49.3 Å². The van der Waals surface area contributed by atoms with Crippen LogP contribution in [-0.4, -0.2) is 43.7 Å². The number of nitrogens with zero attached hydrogens (tertiary/aromatic N) is 6. The van der Waals surface area contributed by atoms with Crippen LogP contribution in [0.1, 0.15) is 18.4 Å². The van der Waals surface area contributed by atoms with Crippen LogP contribution in [0.3, 0.4) is 0 Å². The second-order valence-corrected chi connectivity index (χ2v) is 6.90. The first kappa shape index (κ1) is 19.8. The predicted molar refractivity (Wildman–Crippen MR) is 102 cm³/mol. The van der Waals surface area contributed by atoms with E-state index in [0.717, 1.165) is 12.1 Å². The van der Waals surface area contributed by atoms with Crippen molar-refractivity contribution in [2.24, 2.45) is 5.92 Å². The van der Waals surface area contributed by atoms with Crippen molar-refractivity contribution in [1.82, 2.24) is 24.7 Å². The number of halogens is 3. The van der Waals surface area contributed by atoms with Gasteiger partial charge in [0.25, 0.3) is 0 Å². The predicted octanol–water partition coefficient (Wildman–Crippen LogP) is 2.93. The van der Waals surface area contributed by atoms with Gasteiger partial charge in [0.1, 0.15) is 24.8 Å². The zero-order valence-electron chi connectivity index (χ0n) is 15.8. The highest BCUT2D eigenvalue weighted by atomic mass is 19.4. The number of hydrogen-bond acceptors (Lipinski definition) is 6. The number of hydrogen-bond donors (Lipinski definition) is 1. The third kappa shape index (κ3) is 4.39. The van der Waals surface area contributed by atoms with Crippen molar-refractivity contribution >= 4 is 17.4 Å². The number of anilines is 2. The Morgan fingerprint density at radius 2 is 1.83 bits per heavy atom. The van der Waals surface area contributed by atoms with Crippen LogP contribution < -0.4 is 10.2 Å². The highest BCUT2D eigenvalue weighted by molar-refractivity contribution is 5.92. The van der Waals surface area contributed by atoms with Crippen LogP contribution >= 0.6 is 0 Å². The molecule has 2 aromatic heterocycles. The van der Waals surface area contributed by atoms with Gasteiger partial charge in [-0.2, -0.15) is 18.3 Å². The van der Waals surface area contributed by atoms with Gasteiger partial charge in [0.05, 0.1) is 5.56 Å². The van der Waals surface area contributed by atoms with Crippen molar-refractivity contribution in [3.63, 3.8) is 0 Å². The maximum atomic E-state index is 12.8. The molecule has 30 heavy (non-hydrogen) atoms. The molecule has 1 N–H and O–H groups in total. The van der Waals surface area contributed by atoms with Gasteiger partial charge in [-0.05, 0) is 31.0 Å². The maximum absolute atomic E-state index is 12.8. The molecule has 1 aromatic carbocycles. The van der Waals surface area contributed by atoms with Crippen molar-refractivity contribution in [2.45, 2.75) is 19.0 Å². The lowest BCUT2D eigenvalue weighted by Gasteiger charge is -2.32. The first-order valence-corrected chi connectivity index (χ1v) is 9.30. The van der Waals surface area contributed by atoms with Crippen LogP contribution in [0.2, 0.25) is 0 Å². The molecular weight excluding hydrogens is 399 g/mol. The molecule has 1 fully saturated rings. The number of benzene rings is 1. The standard InChI is InChI=1S/C19H18F3N7O/c20-19(21,22)14-2-1-3-15(8-14)27-18(30)13-4-6-28(7-5-13)16-9-17(25-11-24-16)29-12-23-10-26-29/h1-3,8-13H,4-7H2,(H,27,30). The average Bonchev–Trinajstić information content (AvgIpc) is 3.29. The van der Waals surface area contributed by atoms with Gasteiger partial charge in [0.2, 0.25) is 5.91 Å². The number of piperidine rings is 1. The number of nitrogens with one attached hydrogen (secondary N) is 1. The van der Waals surface area contributed by atoms with Crippen LogP contribution in [0.4, 0.5) is 24.7 Å². The monoisotopic (exact) mass is 417 g/mol. The number of carbonyl (C=O) groups excluding carboxylic acids is 1. The number of aromatic nitrogens is 5. The summed E-state index contributed by atoms with van der Waals surface area (Å²) in [6.07, 6.45) is 1.07. The van der Waals surface area contributed by atoms with Crippen LogP contribution in [0.5, 0.6) is 0 Å². The van der Waals surface area contributed by atoms with Gasteiger partial charge < -0.3 is 10.2 Å². The van der Waals surface area contributed by atoms with Gasteiger partial charge in [0, 0.05) is 30.8 Å². The molecule has 1 aliphatic heterocycles. The highest BCUT2D eigenvalue weighted by Crippen LogP contribution is 2.31. The van der Waals surface area contributed by atoms with Gasteiger partial charge in [0.15, 0.2) is 5.82 Å². The zero-order valence-corrected chi connectivity index (χ0v) is 15.8. The fourth-order valence-corrected chi connectivity index (χ4v) is 3.35. The number of rotatable bonds is 4. The molecule has 8 nitrogen and oxygen atoms in total. The lowest BCUT2D eigenvalue weighted by molar-refractivity contribution is -0.137. The first-order valence-electron chi connectivity index (χ1n) is 9.30. The van der Waals surface area contributed by atoms with E-state index < -0.39 is 11.7 Å². The molecule has 0 atom stereocenters. The number of alkyl halides is 3. The Kier molecular flexibility index (Phi) is 5.34. The molecule has 0 aliphatic carbocycles. The molecule has 156 valence electrons. The Balaban J connectivity index is 1.37. The average molecular weight is 417 g/mol. The van der Waals surface area contributed by atoms with Crippen LogP contribution in [-0.2, 0) is 11.0 Å². The molecule has 11 heteroatoms. The quantitative estimate of drug-likeness (QED) is 0.702. The molecule has 4 rings (SSSR count). The van der Waals surface area contributed by atoms with E-state index >= 15 is 0 Å². The molecule has 1 saturated heterocycles. The van der Waals surface area contributed by atoms with E-state index in [-0.39, 0.29) is 17.5 Å². The smallest absolute Gasteiger partial charge is 0.356 e. The van der Waals surface area contributed by atoms with Gasteiger partial charge in [-0.15, -0.1) is 0 Å². The van der Waals surface area contributed by atoms with E-state index in [1.807, 2.05) is 4.90 Å². The Morgan fingerprint density at radius 3 is 2.53 bits per heavy atom. The summed E-state index contributed by atoms with van der Waals surface area (Å²) in [5.74, 6) is 0.738. The summed E-state index contributed by atoms with van der Waals surface area (Å²) < 4.78 is 40.1. The molecule has 1 aliphatic rings. The molecule has 0 bridgehead atoms. The fourth-order valence-electron chi connectivity index (χ4n) is 3.35. The molecular formula is C19H18F3N7O. The molecule has 3 aromatic rings. The minimum absolute atomic E-state index is 0.144. The van der Waals surface area contributed by atoms with Gasteiger partial charge in [-0.25, -0.2) is 19.6 Å². The highest BCUT2D eigenvalue weighted by Gasteiger charge is 2.31. The Labute approximate surface area is 169 Å². The molecule has 0 saturated carbocycles. The molecule has 0 unspecified atom stereocenters. The molecule has 0 radical (unpaired) electrons. The van der Waals surface area contributed by atoms with E-state index in [1.165, 1.54) is 35.8 Å². The second-order valence-electron chi connectivity index (χ2n) is 6.90. The van der Waals surface area contributed by atoms with Crippen molar-refractivity contribution in [2.75, 3.05) is 23.3 Å². The lowest BCUT2D eigenvalue weighted by Crippen LogP contribution is -2.38. The van der Waals surface area contributed by atoms with Gasteiger partial charge in [-0.1, -0.05) is 6.07 Å². The summed E-state index contributed by atoms with van der Waals surface area (Å²) in [5, 5.41) is 6.65. The normalized spacial score (nSPS) is 15.2. The maximum Gasteiger partial charge on any atom is 0.416 e. The topological polar surface area (TPSA) is 88.8 Å². The van der Waals surface area contributed by atoms with Crippen molar-refractivity contribution < 1.29 is 18.0 Å². The van der Waals surface area contributed by atoms with E-state index in [1.54, 1.807) is 6.07 Å². The van der Waals surface area contributed by atoms with Crippen LogP contribution in [0, 0.1) is 5.92 Å².